The summed E-state index contributed by atoms with van der Waals surface area (Å²) in [5, 5.41) is 3.15. The van der Waals surface area contributed by atoms with Gasteiger partial charge in [-0.25, -0.2) is 19.8 Å². The Morgan fingerprint density at radius 3 is 1.46 bits per heavy atom. The average Bonchev–Trinajstić information content (AvgIpc) is 3.70. The maximum atomic E-state index is 12.6. The molecule has 4 rings (SSSR count). The minimum Gasteiger partial charge on any atom is -0.463 e. The standard InChI is InChI=1S/C17H26N4O8Si.C13H18O9.C9H22N4OSi2.C4H9F3O3SSi/c1-9(22)26-7-12-13(27-10(2)23)14(28-11(3)24)15(29-12)21-8-18-16(19-17(21)25)20-30(4,5)6;1-6(14)18-5-10-11(19-7(2)15)12(20-8(3)16)13(22-10)21-9(4)17;1-15(2,3)13-8-10-7-11-9(12-8)14-16(4,5)6;1-12(2,3)10-11(8,9)4(5,6)7/h8,12-15H,7H2,1-6H3,(H,19,20,25);10-13H,5H2,1-4H3;7,9H,1-6H3,(H2,10,11,12,13);1-3H3/t12-,13?,14+,15-;10-,11?,12+,13-;;/m11../s1. The van der Waals surface area contributed by atoms with E-state index in [0.717, 1.165) is 31.3 Å². The molecule has 0 saturated carbocycles. The molecule has 0 radical (unpaired) electrons. The van der Waals surface area contributed by atoms with E-state index in [-0.39, 0.29) is 25.5 Å². The Bertz CT molecular complexity index is 2560. The van der Waals surface area contributed by atoms with Gasteiger partial charge < -0.3 is 66.2 Å². The van der Waals surface area contributed by atoms with E-state index in [0.29, 0.717) is 0 Å². The number of alkyl halides is 3. The first-order valence-corrected chi connectivity index (χ1v) is 39.4. The topological polar surface area (TPSA) is 364 Å². The molecule has 3 aliphatic heterocycles. The summed E-state index contributed by atoms with van der Waals surface area (Å²) >= 11 is 0. The van der Waals surface area contributed by atoms with E-state index in [9.17, 15) is 59.9 Å². The molecule has 0 amide bonds. The summed E-state index contributed by atoms with van der Waals surface area (Å²) in [6.07, 6.45) is -6.37. The van der Waals surface area contributed by atoms with Crippen LogP contribution in [0.2, 0.25) is 78.6 Å². The fraction of sp³-hybridized carbons (Fsp3) is 0.721. The van der Waals surface area contributed by atoms with Crippen molar-refractivity contribution in [2.75, 3.05) is 18.2 Å². The molecule has 3 unspecified atom stereocenters. The van der Waals surface area contributed by atoms with Crippen LogP contribution in [0.3, 0.4) is 0 Å². The third-order valence-electron chi connectivity index (χ3n) is 8.68. The quantitative estimate of drug-likeness (QED) is 0.0873. The first-order chi connectivity index (χ1) is 36.2. The van der Waals surface area contributed by atoms with Crippen LogP contribution in [-0.2, 0) is 94.6 Å². The lowest BCUT2D eigenvalue weighted by Gasteiger charge is -2.29. The van der Waals surface area contributed by atoms with Crippen LogP contribution in [0.1, 0.15) is 54.7 Å². The van der Waals surface area contributed by atoms with Gasteiger partial charge in [-0.05, 0) is 39.3 Å². The van der Waals surface area contributed by atoms with Gasteiger partial charge in [-0.15, -0.1) is 0 Å². The molecule has 2 fully saturated rings. The number of anilines is 1. The van der Waals surface area contributed by atoms with Crippen molar-refractivity contribution < 1.29 is 106 Å². The fourth-order valence-electron chi connectivity index (χ4n) is 6.30. The first-order valence-electron chi connectivity index (χ1n) is 24.2. The predicted octanol–water partition coefficient (Wildman–Crippen LogP) is 3.13. The van der Waals surface area contributed by atoms with Crippen molar-refractivity contribution in [3.05, 3.63) is 16.8 Å². The number of nitrogens with zero attached hydrogens (tertiary/aromatic N) is 5. The molecular formula is C43H75F3N8O21SSi4. The molecule has 4 heterocycles. The van der Waals surface area contributed by atoms with Crippen molar-refractivity contribution in [3.8, 4) is 0 Å². The van der Waals surface area contributed by atoms with Gasteiger partial charge in [-0.3, -0.25) is 38.1 Å². The van der Waals surface area contributed by atoms with Crippen molar-refractivity contribution in [2.24, 2.45) is 9.98 Å². The number of hydrogen-bond donors (Lipinski definition) is 3. The molecule has 0 spiro atoms. The molecule has 2 saturated heterocycles. The van der Waals surface area contributed by atoms with Crippen LogP contribution >= 0.6 is 0 Å². The average molecular weight is 1240 g/mol. The SMILES string of the molecule is CC(=O)OC[C@H]1O[C@@H](OC(C)=O)[C@@H](OC(C)=O)C1OC(C)=O.CC(=O)OC[C@H]1O[C@@H](n2cnc(N[Si](C)(C)C)nc2=O)[C@@H](OC(C)=O)C1OC(C)=O.C[Si](C)(C)NC1=NC=NC(O[Si](C)(C)C)N1.C[Si](C)(C)OS(=O)(=O)C(F)(F)F. The maximum absolute atomic E-state index is 12.6. The highest BCUT2D eigenvalue weighted by molar-refractivity contribution is 7.88. The minimum atomic E-state index is -5.39. The van der Waals surface area contributed by atoms with Crippen LogP contribution in [-0.4, -0.2) is 178 Å². The van der Waals surface area contributed by atoms with Crippen LogP contribution in [0.25, 0.3) is 0 Å². The van der Waals surface area contributed by atoms with Gasteiger partial charge in [0.15, 0.2) is 38.8 Å². The Morgan fingerprint density at radius 2 is 1.07 bits per heavy atom. The number of guanidine groups is 1. The molecule has 80 heavy (non-hydrogen) atoms. The zero-order valence-corrected chi connectivity index (χ0v) is 52.9. The predicted molar refractivity (Wildman–Crippen MR) is 286 cm³/mol. The number of rotatable bonds is 17. The minimum absolute atomic E-state index is 0.172. The molecule has 3 aliphatic rings. The zero-order chi connectivity index (χ0) is 62.1. The van der Waals surface area contributed by atoms with E-state index >= 15 is 0 Å². The van der Waals surface area contributed by atoms with Crippen molar-refractivity contribution in [1.29, 1.82) is 0 Å². The van der Waals surface area contributed by atoms with Crippen molar-refractivity contribution >= 4 is 103 Å². The number of carbonyl (C=O) groups excluding carboxylic acids is 7. The summed E-state index contributed by atoms with van der Waals surface area (Å²) < 4.78 is 113. The first kappa shape index (κ1) is 72.3. The Labute approximate surface area is 465 Å². The Kier molecular flexibility index (Phi) is 27.5. The summed E-state index contributed by atoms with van der Waals surface area (Å²) in [5.74, 6) is -3.52. The van der Waals surface area contributed by atoms with Gasteiger partial charge in [0.25, 0.3) is 0 Å². The van der Waals surface area contributed by atoms with Crippen LogP contribution in [0.4, 0.5) is 19.1 Å². The van der Waals surface area contributed by atoms with Crippen LogP contribution in [0.5, 0.6) is 0 Å². The lowest BCUT2D eigenvalue weighted by Crippen LogP contribution is -2.55. The number of aliphatic imine (C=N–C) groups is 2. The van der Waals surface area contributed by atoms with Crippen LogP contribution < -0.4 is 21.0 Å². The van der Waals surface area contributed by atoms with Crippen molar-refractivity contribution in [1.82, 2.24) is 24.8 Å². The Balaban J connectivity index is 0.000000564. The highest BCUT2D eigenvalue weighted by Crippen LogP contribution is 2.34. The van der Waals surface area contributed by atoms with Gasteiger partial charge in [-0.1, -0.05) is 39.3 Å². The van der Waals surface area contributed by atoms with E-state index in [1.807, 2.05) is 19.6 Å². The summed E-state index contributed by atoms with van der Waals surface area (Å²) in [7, 11) is -12.9. The highest BCUT2D eigenvalue weighted by atomic mass is 32.2. The molecule has 0 bridgehead atoms. The van der Waals surface area contributed by atoms with E-state index in [4.69, 9.17) is 47.1 Å². The third kappa shape index (κ3) is 28.6. The maximum Gasteiger partial charge on any atom is 0.522 e. The summed E-state index contributed by atoms with van der Waals surface area (Å²) in [6.45, 7) is 30.9. The van der Waals surface area contributed by atoms with E-state index < -0.39 is 145 Å². The molecule has 1 aromatic rings. The van der Waals surface area contributed by atoms with Gasteiger partial charge in [0.05, 0.1) is 0 Å². The number of carbonyl (C=O) groups is 7. The second-order valence-electron chi connectivity index (χ2n) is 21.3. The van der Waals surface area contributed by atoms with E-state index in [1.165, 1.54) is 53.7 Å². The largest absolute Gasteiger partial charge is 0.522 e. The van der Waals surface area contributed by atoms with Gasteiger partial charge in [-0.2, -0.15) is 26.6 Å². The molecule has 9 atom stereocenters. The number of ether oxygens (including phenoxy) is 9. The molecular weight excluding hydrogens is 1170 g/mol. The number of esters is 7. The normalized spacial score (nSPS) is 22.7. The second-order valence-corrected chi connectivity index (χ2v) is 41.5. The number of nitrogens with one attached hydrogen (secondary N) is 3. The Hall–Kier alpha value is -5.71. The van der Waals surface area contributed by atoms with Crippen molar-refractivity contribution in [2.45, 2.75) is 188 Å². The van der Waals surface area contributed by atoms with Gasteiger partial charge in [0.1, 0.15) is 54.6 Å². The van der Waals surface area contributed by atoms with E-state index in [1.54, 1.807) is 6.34 Å². The summed E-state index contributed by atoms with van der Waals surface area (Å²) in [6, 6.07) is 0. The summed E-state index contributed by atoms with van der Waals surface area (Å²) in [5.41, 5.74) is -6.02. The molecule has 0 aromatic carbocycles. The number of hydrogen-bond acceptors (Lipinski definition) is 28. The monoisotopic (exact) mass is 1240 g/mol. The molecule has 3 N–H and O–H groups in total. The second kappa shape index (κ2) is 30.4. The number of halogens is 3. The van der Waals surface area contributed by atoms with Gasteiger partial charge in [0, 0.05) is 48.5 Å². The number of aromatic nitrogens is 3. The van der Waals surface area contributed by atoms with Crippen LogP contribution in [0, 0.1) is 0 Å². The lowest BCUT2D eigenvalue weighted by molar-refractivity contribution is -0.197. The van der Waals surface area contributed by atoms with Crippen molar-refractivity contribution in [3.63, 3.8) is 0 Å². The Morgan fingerprint density at radius 1 is 0.637 bits per heavy atom. The fourth-order valence-corrected chi connectivity index (χ4v) is 11.7. The van der Waals surface area contributed by atoms with Gasteiger partial charge in [0.2, 0.25) is 33.0 Å². The summed E-state index contributed by atoms with van der Waals surface area (Å²) in [4.78, 5) is 114. The zero-order valence-electron chi connectivity index (χ0n) is 48.1. The van der Waals surface area contributed by atoms with Crippen LogP contribution in [0.15, 0.2) is 21.1 Å². The smallest absolute Gasteiger partial charge is 0.463 e. The third-order valence-corrected chi connectivity index (χ3v) is 15.0. The highest BCUT2D eigenvalue weighted by Gasteiger charge is 2.53. The molecule has 29 nitrogen and oxygen atoms in total. The molecule has 1 aromatic heterocycles. The lowest BCUT2D eigenvalue weighted by atomic mass is 10.1. The van der Waals surface area contributed by atoms with E-state index in [2.05, 4.69) is 78.4 Å². The molecule has 37 heteroatoms. The van der Waals surface area contributed by atoms with Gasteiger partial charge >= 0.3 is 63.1 Å². The molecule has 0 aliphatic carbocycles. The molecule has 456 valence electrons.